The van der Waals surface area contributed by atoms with Crippen molar-refractivity contribution in [3.8, 4) is 0 Å². The van der Waals surface area contributed by atoms with Crippen LogP contribution in [0.25, 0.3) is 0 Å². The average molecular weight is 534 g/mol. The molecular formula is C20H31IN4O3S. The Bertz CT molecular complexity index is 823. The number of benzene rings is 1. The summed E-state index contributed by atoms with van der Waals surface area (Å²) in [4.78, 5) is 16.9. The average Bonchev–Trinajstić information content (AvgIpc) is 3.30. The fourth-order valence-electron chi connectivity index (χ4n) is 3.77. The number of hydrogen-bond acceptors (Lipinski definition) is 4. The van der Waals surface area contributed by atoms with Gasteiger partial charge in [0.1, 0.15) is 0 Å². The molecule has 1 aliphatic carbocycles. The summed E-state index contributed by atoms with van der Waals surface area (Å²) in [6.07, 6.45) is 4.83. The second kappa shape index (κ2) is 11.1. The van der Waals surface area contributed by atoms with Gasteiger partial charge in [-0.1, -0.05) is 25.0 Å². The molecule has 3 rings (SSSR count). The van der Waals surface area contributed by atoms with Crippen LogP contribution in [0.15, 0.2) is 29.3 Å². The molecule has 29 heavy (non-hydrogen) atoms. The molecule has 3 N–H and O–H groups in total. The highest BCUT2D eigenvalue weighted by atomic mass is 127. The zero-order valence-corrected chi connectivity index (χ0v) is 20.0. The Hall–Kier alpha value is -1.36. The van der Waals surface area contributed by atoms with E-state index in [1.807, 2.05) is 31.2 Å². The maximum Gasteiger partial charge on any atom is 0.227 e. The summed E-state index contributed by atoms with van der Waals surface area (Å²) in [5.74, 6) is 1.24. The zero-order valence-electron chi connectivity index (χ0n) is 16.8. The third kappa shape index (κ3) is 7.44. The van der Waals surface area contributed by atoms with E-state index in [4.69, 9.17) is 0 Å². The minimum absolute atomic E-state index is 0. The third-order valence-electron chi connectivity index (χ3n) is 5.26. The molecule has 7 nitrogen and oxygen atoms in total. The fourth-order valence-corrected chi connectivity index (χ4v) is 5.45. The van der Waals surface area contributed by atoms with Crippen LogP contribution in [0.4, 0.5) is 5.69 Å². The topological polar surface area (TPSA) is 99.7 Å². The normalized spacial score (nSPS) is 21.4. The minimum atomic E-state index is -2.93. The number of carbonyl (C=O) groups is 1. The van der Waals surface area contributed by atoms with E-state index in [1.54, 1.807) is 0 Å². The van der Waals surface area contributed by atoms with Crippen molar-refractivity contribution in [3.63, 3.8) is 0 Å². The molecule has 1 aromatic carbocycles. The lowest BCUT2D eigenvalue weighted by molar-refractivity contribution is -0.119. The van der Waals surface area contributed by atoms with Crippen LogP contribution in [0.1, 0.15) is 44.6 Å². The summed E-state index contributed by atoms with van der Waals surface area (Å²) in [7, 11) is -2.93. The van der Waals surface area contributed by atoms with Gasteiger partial charge < -0.3 is 16.0 Å². The molecule has 0 radical (unpaired) electrons. The van der Waals surface area contributed by atoms with Crippen molar-refractivity contribution in [2.45, 2.75) is 51.6 Å². The van der Waals surface area contributed by atoms with Gasteiger partial charge in [0, 0.05) is 24.2 Å². The second-order valence-electron chi connectivity index (χ2n) is 7.61. The van der Waals surface area contributed by atoms with Gasteiger partial charge in [-0.2, -0.15) is 0 Å². The van der Waals surface area contributed by atoms with E-state index < -0.39 is 9.84 Å². The number of amides is 1. The van der Waals surface area contributed by atoms with E-state index in [0.717, 1.165) is 36.9 Å². The van der Waals surface area contributed by atoms with Gasteiger partial charge in [0.05, 0.1) is 18.1 Å². The quantitative estimate of drug-likeness (QED) is 0.296. The third-order valence-corrected chi connectivity index (χ3v) is 7.03. The van der Waals surface area contributed by atoms with E-state index in [9.17, 15) is 13.2 Å². The molecule has 0 bridgehead atoms. The van der Waals surface area contributed by atoms with Crippen LogP contribution in [0.3, 0.4) is 0 Å². The molecule has 1 aliphatic heterocycles. The number of anilines is 1. The van der Waals surface area contributed by atoms with Gasteiger partial charge in [-0.3, -0.25) is 4.79 Å². The lowest BCUT2D eigenvalue weighted by atomic mass is 10.1. The summed E-state index contributed by atoms with van der Waals surface area (Å²) in [6, 6.07) is 7.63. The van der Waals surface area contributed by atoms with Crippen molar-refractivity contribution < 1.29 is 13.2 Å². The van der Waals surface area contributed by atoms with E-state index in [1.165, 1.54) is 0 Å². The SMILES string of the molecule is CCNC(=NCc1cccc(NC(=O)C2CCCC2)c1)NC1CCS(=O)(=O)C1.I. The monoisotopic (exact) mass is 534 g/mol. The highest BCUT2D eigenvalue weighted by Gasteiger charge is 2.28. The van der Waals surface area contributed by atoms with Gasteiger partial charge in [0.2, 0.25) is 5.91 Å². The summed E-state index contributed by atoms with van der Waals surface area (Å²) in [5.41, 5.74) is 1.78. The van der Waals surface area contributed by atoms with Crippen LogP contribution in [-0.4, -0.2) is 44.4 Å². The Labute approximate surface area is 190 Å². The van der Waals surface area contributed by atoms with Crippen molar-refractivity contribution in [3.05, 3.63) is 29.8 Å². The molecule has 1 atom stereocenters. The van der Waals surface area contributed by atoms with E-state index in [0.29, 0.717) is 25.5 Å². The van der Waals surface area contributed by atoms with Crippen LogP contribution in [0.2, 0.25) is 0 Å². The number of halogens is 1. The Balaban J connectivity index is 0.00000300. The lowest BCUT2D eigenvalue weighted by Crippen LogP contribution is -2.44. The molecule has 1 saturated carbocycles. The van der Waals surface area contributed by atoms with Gasteiger partial charge in [-0.15, -0.1) is 24.0 Å². The van der Waals surface area contributed by atoms with E-state index >= 15 is 0 Å². The molecule has 2 aliphatic rings. The standard InChI is InChI=1S/C20H30N4O3S.HI/c1-2-21-20(24-18-10-11-28(26,27)14-18)22-13-15-6-5-9-17(12-15)23-19(25)16-7-3-4-8-16;/h5-6,9,12,16,18H,2-4,7-8,10-11,13-14H2,1H3,(H,23,25)(H2,21,22,24);1H. The van der Waals surface area contributed by atoms with Gasteiger partial charge in [0.25, 0.3) is 0 Å². The van der Waals surface area contributed by atoms with Crippen LogP contribution >= 0.6 is 24.0 Å². The highest BCUT2D eigenvalue weighted by molar-refractivity contribution is 14.0. The molecule has 0 spiro atoms. The highest BCUT2D eigenvalue weighted by Crippen LogP contribution is 2.26. The van der Waals surface area contributed by atoms with Crippen LogP contribution in [0, 0.1) is 5.92 Å². The summed E-state index contributed by atoms with van der Waals surface area (Å²) in [5, 5.41) is 9.40. The predicted octanol–water partition coefficient (Wildman–Crippen LogP) is 2.68. The molecule has 1 aromatic rings. The van der Waals surface area contributed by atoms with Crippen LogP contribution in [-0.2, 0) is 21.2 Å². The van der Waals surface area contributed by atoms with Crippen molar-refractivity contribution in [2.75, 3.05) is 23.4 Å². The molecular weight excluding hydrogens is 503 g/mol. The first-order valence-electron chi connectivity index (χ1n) is 10.1. The molecule has 162 valence electrons. The number of guanidine groups is 1. The van der Waals surface area contributed by atoms with E-state index in [2.05, 4.69) is 20.9 Å². The maximum atomic E-state index is 12.3. The van der Waals surface area contributed by atoms with Gasteiger partial charge in [0.15, 0.2) is 15.8 Å². The number of aliphatic imine (C=N–C) groups is 1. The predicted molar refractivity (Wildman–Crippen MR) is 127 cm³/mol. The van der Waals surface area contributed by atoms with Crippen LogP contribution in [0.5, 0.6) is 0 Å². The van der Waals surface area contributed by atoms with Crippen LogP contribution < -0.4 is 16.0 Å². The maximum absolute atomic E-state index is 12.3. The Kier molecular flexibility index (Phi) is 9.19. The summed E-state index contributed by atoms with van der Waals surface area (Å²) in [6.45, 7) is 3.12. The lowest BCUT2D eigenvalue weighted by Gasteiger charge is -2.16. The Morgan fingerprint density at radius 1 is 1.21 bits per heavy atom. The molecule has 0 aromatic heterocycles. The van der Waals surface area contributed by atoms with Gasteiger partial charge >= 0.3 is 0 Å². The zero-order chi connectivity index (χ0) is 20.0. The first-order chi connectivity index (χ1) is 13.4. The number of carbonyl (C=O) groups excluding carboxylic acids is 1. The number of sulfone groups is 1. The van der Waals surface area contributed by atoms with Crippen molar-refractivity contribution >= 4 is 51.4 Å². The van der Waals surface area contributed by atoms with E-state index in [-0.39, 0.29) is 53.3 Å². The smallest absolute Gasteiger partial charge is 0.227 e. The Morgan fingerprint density at radius 3 is 2.62 bits per heavy atom. The summed E-state index contributed by atoms with van der Waals surface area (Å²) < 4.78 is 23.3. The molecule has 1 amide bonds. The molecule has 1 saturated heterocycles. The van der Waals surface area contributed by atoms with Gasteiger partial charge in [-0.25, -0.2) is 13.4 Å². The largest absolute Gasteiger partial charge is 0.357 e. The number of rotatable bonds is 6. The first kappa shape index (κ1) is 23.9. The number of nitrogens with zero attached hydrogens (tertiary/aromatic N) is 1. The number of hydrogen-bond donors (Lipinski definition) is 3. The summed E-state index contributed by atoms with van der Waals surface area (Å²) >= 11 is 0. The molecule has 9 heteroatoms. The molecule has 1 unspecified atom stereocenters. The fraction of sp³-hybridized carbons (Fsp3) is 0.600. The van der Waals surface area contributed by atoms with Crippen molar-refractivity contribution in [1.29, 1.82) is 0 Å². The van der Waals surface area contributed by atoms with Crippen molar-refractivity contribution in [1.82, 2.24) is 10.6 Å². The minimum Gasteiger partial charge on any atom is -0.357 e. The molecule has 1 heterocycles. The number of nitrogens with one attached hydrogen (secondary N) is 3. The second-order valence-corrected chi connectivity index (χ2v) is 9.84. The van der Waals surface area contributed by atoms with Gasteiger partial charge in [-0.05, 0) is 43.9 Å². The van der Waals surface area contributed by atoms with Crippen molar-refractivity contribution in [2.24, 2.45) is 10.9 Å². The Morgan fingerprint density at radius 2 is 1.97 bits per heavy atom. The molecule has 2 fully saturated rings. The first-order valence-corrected chi connectivity index (χ1v) is 11.9.